The van der Waals surface area contributed by atoms with Crippen molar-refractivity contribution in [3.05, 3.63) is 60.8 Å². The SMILES string of the molecule is CCCCCCC/C=C\C/C=C\CCCCCCCCCCCCCCCCCCCC(=O)NC(CO)C(O)/C=C/CC/C=C/CC/C=C/CCCCCCC. The van der Waals surface area contributed by atoms with Crippen molar-refractivity contribution in [3.8, 4) is 0 Å². The maximum atomic E-state index is 12.4. The fourth-order valence-corrected chi connectivity index (χ4v) is 7.18. The Balaban J connectivity index is 3.53. The molecule has 0 aromatic heterocycles. The van der Waals surface area contributed by atoms with E-state index in [9.17, 15) is 15.0 Å². The van der Waals surface area contributed by atoms with Gasteiger partial charge in [-0.1, -0.05) is 222 Å². The molecule has 0 aromatic rings. The van der Waals surface area contributed by atoms with Gasteiger partial charge in [-0.25, -0.2) is 0 Å². The maximum Gasteiger partial charge on any atom is 0.220 e. The Morgan fingerprint density at radius 1 is 0.429 bits per heavy atom. The van der Waals surface area contributed by atoms with Crippen LogP contribution in [-0.2, 0) is 4.79 Å². The van der Waals surface area contributed by atoms with Gasteiger partial charge in [-0.05, 0) is 77.0 Å². The van der Waals surface area contributed by atoms with Gasteiger partial charge in [0.25, 0.3) is 0 Å². The number of nitrogens with one attached hydrogen (secondary N) is 1. The van der Waals surface area contributed by atoms with E-state index in [-0.39, 0.29) is 12.5 Å². The lowest BCUT2D eigenvalue weighted by atomic mass is 10.0. The summed E-state index contributed by atoms with van der Waals surface area (Å²) < 4.78 is 0. The second kappa shape index (κ2) is 47.5. The summed E-state index contributed by atoms with van der Waals surface area (Å²) in [5, 5.41) is 23.0. The van der Waals surface area contributed by atoms with Gasteiger partial charge in [0.1, 0.15) is 0 Å². The van der Waals surface area contributed by atoms with E-state index in [4.69, 9.17) is 0 Å². The third-order valence-electron chi connectivity index (χ3n) is 11.0. The third-order valence-corrected chi connectivity index (χ3v) is 11.0. The number of allylic oxidation sites excluding steroid dienone is 9. The van der Waals surface area contributed by atoms with Gasteiger partial charge in [0.15, 0.2) is 0 Å². The molecule has 0 aromatic carbocycles. The predicted octanol–water partition coefficient (Wildman–Crippen LogP) is 15.7. The Morgan fingerprint density at radius 2 is 0.750 bits per heavy atom. The average molecular weight is 782 g/mol. The minimum Gasteiger partial charge on any atom is -0.394 e. The van der Waals surface area contributed by atoms with Gasteiger partial charge in [-0.3, -0.25) is 4.79 Å². The summed E-state index contributed by atoms with van der Waals surface area (Å²) in [6.45, 7) is 4.27. The van der Waals surface area contributed by atoms with E-state index < -0.39 is 12.1 Å². The first-order valence-corrected chi connectivity index (χ1v) is 24.5. The van der Waals surface area contributed by atoms with Crippen molar-refractivity contribution in [1.29, 1.82) is 0 Å². The molecule has 0 saturated carbocycles. The molecule has 4 nitrogen and oxygen atoms in total. The molecule has 0 heterocycles. The van der Waals surface area contributed by atoms with Crippen LogP contribution in [-0.4, -0.2) is 34.9 Å². The van der Waals surface area contributed by atoms with Gasteiger partial charge in [0.2, 0.25) is 5.91 Å². The van der Waals surface area contributed by atoms with Crippen molar-refractivity contribution >= 4 is 5.91 Å². The van der Waals surface area contributed by atoms with Gasteiger partial charge in [0, 0.05) is 6.42 Å². The number of carbonyl (C=O) groups is 1. The van der Waals surface area contributed by atoms with Crippen LogP contribution in [0, 0.1) is 0 Å². The number of aliphatic hydroxyl groups is 2. The van der Waals surface area contributed by atoms with E-state index in [2.05, 4.69) is 67.8 Å². The molecule has 0 spiro atoms. The number of amides is 1. The number of hydrogen-bond donors (Lipinski definition) is 3. The van der Waals surface area contributed by atoms with Crippen LogP contribution in [0.3, 0.4) is 0 Å². The smallest absolute Gasteiger partial charge is 0.220 e. The molecule has 2 unspecified atom stereocenters. The fraction of sp³-hybridized carbons (Fsp3) is 0.788. The highest BCUT2D eigenvalue weighted by atomic mass is 16.3. The standard InChI is InChI=1S/C52H95NO3/c1-3-5-7-9-11-13-15-17-19-20-21-22-23-24-25-26-27-28-29-30-31-32-34-36-38-40-42-44-46-48-52(56)53-50(49-54)51(55)47-45-43-41-39-37-35-33-18-16-14-12-10-8-6-4-2/h15-18,20-21,37,39,45,47,50-51,54-55H,3-14,19,22-36,38,40-44,46,48-49H2,1-2H3,(H,53,56)/b17-15-,18-16+,21-20-,39-37+,47-45+. The van der Waals surface area contributed by atoms with Crippen molar-refractivity contribution in [2.45, 2.75) is 257 Å². The summed E-state index contributed by atoms with van der Waals surface area (Å²) in [5.74, 6) is -0.0779. The van der Waals surface area contributed by atoms with Crippen molar-refractivity contribution in [2.75, 3.05) is 6.61 Å². The molecule has 0 bridgehead atoms. The summed E-state index contributed by atoms with van der Waals surface area (Å²) in [6.07, 6.45) is 66.4. The first-order chi connectivity index (χ1) is 27.7. The van der Waals surface area contributed by atoms with Crippen LogP contribution in [0.15, 0.2) is 60.8 Å². The molecule has 326 valence electrons. The van der Waals surface area contributed by atoms with Crippen LogP contribution in [0.1, 0.15) is 245 Å². The first-order valence-electron chi connectivity index (χ1n) is 24.5. The van der Waals surface area contributed by atoms with Gasteiger partial charge >= 0.3 is 0 Å². The Hall–Kier alpha value is -1.91. The van der Waals surface area contributed by atoms with Crippen LogP contribution >= 0.6 is 0 Å². The molecular weight excluding hydrogens is 687 g/mol. The molecule has 4 heteroatoms. The van der Waals surface area contributed by atoms with Crippen molar-refractivity contribution in [2.24, 2.45) is 0 Å². The highest BCUT2D eigenvalue weighted by molar-refractivity contribution is 5.76. The van der Waals surface area contributed by atoms with E-state index in [1.165, 1.54) is 180 Å². The lowest BCUT2D eigenvalue weighted by molar-refractivity contribution is -0.123. The summed E-state index contributed by atoms with van der Waals surface area (Å²) in [7, 11) is 0. The number of unbranched alkanes of at least 4 members (excludes halogenated alkanes) is 29. The third kappa shape index (κ3) is 43.2. The molecule has 0 radical (unpaired) electrons. The molecule has 0 fully saturated rings. The molecule has 0 aliphatic carbocycles. The van der Waals surface area contributed by atoms with Crippen molar-refractivity contribution in [1.82, 2.24) is 5.32 Å². The zero-order chi connectivity index (χ0) is 40.7. The number of carbonyl (C=O) groups excluding carboxylic acids is 1. The minimum absolute atomic E-state index is 0.0779. The van der Waals surface area contributed by atoms with Crippen molar-refractivity contribution in [3.63, 3.8) is 0 Å². The molecule has 3 N–H and O–H groups in total. The number of rotatable bonds is 44. The molecular formula is C52H95NO3. The van der Waals surface area contributed by atoms with Gasteiger partial charge in [-0.15, -0.1) is 0 Å². The second-order valence-corrected chi connectivity index (χ2v) is 16.5. The molecule has 56 heavy (non-hydrogen) atoms. The quantitative estimate of drug-likeness (QED) is 0.0426. The highest BCUT2D eigenvalue weighted by Gasteiger charge is 2.17. The average Bonchev–Trinajstić information content (AvgIpc) is 3.20. The summed E-state index contributed by atoms with van der Waals surface area (Å²) in [6, 6.07) is -0.645. The highest BCUT2D eigenvalue weighted by Crippen LogP contribution is 2.15. The van der Waals surface area contributed by atoms with Gasteiger partial charge in [0.05, 0.1) is 18.8 Å². The summed E-state index contributed by atoms with van der Waals surface area (Å²) in [5.41, 5.74) is 0. The maximum absolute atomic E-state index is 12.4. The van der Waals surface area contributed by atoms with Gasteiger partial charge < -0.3 is 15.5 Å². The second-order valence-electron chi connectivity index (χ2n) is 16.5. The minimum atomic E-state index is -0.870. The first kappa shape index (κ1) is 54.1. The van der Waals surface area contributed by atoms with E-state index in [0.29, 0.717) is 6.42 Å². The number of hydrogen-bond acceptors (Lipinski definition) is 3. The van der Waals surface area contributed by atoms with Crippen LogP contribution in [0.5, 0.6) is 0 Å². The zero-order valence-corrected chi connectivity index (χ0v) is 37.4. The van der Waals surface area contributed by atoms with Crippen LogP contribution < -0.4 is 5.32 Å². The molecule has 0 aliphatic rings. The predicted molar refractivity (Wildman–Crippen MR) is 248 cm³/mol. The van der Waals surface area contributed by atoms with E-state index >= 15 is 0 Å². The Kier molecular flexibility index (Phi) is 45.8. The zero-order valence-electron chi connectivity index (χ0n) is 37.4. The van der Waals surface area contributed by atoms with Gasteiger partial charge in [-0.2, -0.15) is 0 Å². The molecule has 1 amide bonds. The lowest BCUT2D eigenvalue weighted by Gasteiger charge is -2.19. The van der Waals surface area contributed by atoms with Crippen LogP contribution in [0.4, 0.5) is 0 Å². The van der Waals surface area contributed by atoms with Crippen LogP contribution in [0.2, 0.25) is 0 Å². The molecule has 0 saturated heterocycles. The molecule has 0 aliphatic heterocycles. The molecule has 0 rings (SSSR count). The topological polar surface area (TPSA) is 69.6 Å². The van der Waals surface area contributed by atoms with Crippen LogP contribution in [0.25, 0.3) is 0 Å². The van der Waals surface area contributed by atoms with E-state index in [1.807, 2.05) is 6.08 Å². The summed E-state index contributed by atoms with van der Waals surface area (Å²) >= 11 is 0. The number of aliphatic hydroxyl groups excluding tert-OH is 2. The summed E-state index contributed by atoms with van der Waals surface area (Å²) in [4.78, 5) is 12.4. The van der Waals surface area contributed by atoms with Crippen molar-refractivity contribution < 1.29 is 15.0 Å². The molecule has 2 atom stereocenters. The Labute approximate surface area is 349 Å². The van der Waals surface area contributed by atoms with E-state index in [0.717, 1.165) is 44.9 Å². The Bertz CT molecular complexity index is 934. The largest absolute Gasteiger partial charge is 0.394 e. The fourth-order valence-electron chi connectivity index (χ4n) is 7.18. The normalized spacial score (nSPS) is 13.4. The lowest BCUT2D eigenvalue weighted by Crippen LogP contribution is -2.45. The Morgan fingerprint density at radius 3 is 1.14 bits per heavy atom. The monoisotopic (exact) mass is 782 g/mol. The van der Waals surface area contributed by atoms with E-state index in [1.54, 1.807) is 6.08 Å².